The number of aliphatic hydroxyl groups excluding tert-OH is 1. The van der Waals surface area contributed by atoms with Crippen LogP contribution in [0.5, 0.6) is 0 Å². The molecule has 0 aliphatic heterocycles. The van der Waals surface area contributed by atoms with Crippen molar-refractivity contribution >= 4 is 11.6 Å². The molecule has 0 bridgehead atoms. The first-order chi connectivity index (χ1) is 9.02. The van der Waals surface area contributed by atoms with Crippen LogP contribution in [0.3, 0.4) is 0 Å². The highest BCUT2D eigenvalue weighted by molar-refractivity contribution is 5.78. The minimum absolute atomic E-state index is 0.0216. The molecule has 0 radical (unpaired) electrons. The van der Waals surface area contributed by atoms with Gasteiger partial charge in [-0.3, -0.25) is 14.9 Å². The van der Waals surface area contributed by atoms with Crippen molar-refractivity contribution in [2.75, 3.05) is 6.54 Å². The summed E-state index contributed by atoms with van der Waals surface area (Å²) in [4.78, 5) is 21.7. The fourth-order valence-corrected chi connectivity index (χ4v) is 1.61. The Balaban J connectivity index is 2.44. The molecule has 0 spiro atoms. The summed E-state index contributed by atoms with van der Waals surface area (Å²) in [7, 11) is 0. The lowest BCUT2D eigenvalue weighted by Crippen LogP contribution is -2.28. The standard InChI is InChI=1S/C13H18N2O4/c1-2-12(16)6-7-14-13(17)9-10-4-3-5-11(8-10)15(18)19/h3-5,8,12,16H,2,6-7,9H2,1H3,(H,14,17). The first kappa shape index (κ1) is 15.1. The van der Waals surface area contributed by atoms with Crippen LogP contribution in [0.4, 0.5) is 5.69 Å². The highest BCUT2D eigenvalue weighted by atomic mass is 16.6. The number of nitrogens with zero attached hydrogens (tertiary/aromatic N) is 1. The van der Waals surface area contributed by atoms with E-state index in [4.69, 9.17) is 0 Å². The van der Waals surface area contributed by atoms with Crippen LogP contribution in [0.1, 0.15) is 25.3 Å². The minimum Gasteiger partial charge on any atom is -0.393 e. The van der Waals surface area contributed by atoms with E-state index in [1.807, 2.05) is 6.92 Å². The molecule has 0 aromatic heterocycles. The molecule has 1 amide bonds. The van der Waals surface area contributed by atoms with E-state index in [1.54, 1.807) is 12.1 Å². The summed E-state index contributed by atoms with van der Waals surface area (Å²) in [5.41, 5.74) is 0.578. The van der Waals surface area contributed by atoms with Gasteiger partial charge in [-0.2, -0.15) is 0 Å². The van der Waals surface area contributed by atoms with Crippen molar-refractivity contribution in [3.63, 3.8) is 0 Å². The molecule has 19 heavy (non-hydrogen) atoms. The van der Waals surface area contributed by atoms with E-state index in [-0.39, 0.29) is 18.0 Å². The maximum Gasteiger partial charge on any atom is 0.269 e. The predicted octanol–water partition coefficient (Wildman–Crippen LogP) is 1.41. The maximum absolute atomic E-state index is 11.6. The summed E-state index contributed by atoms with van der Waals surface area (Å²) in [5.74, 6) is -0.205. The fraction of sp³-hybridized carbons (Fsp3) is 0.462. The summed E-state index contributed by atoms with van der Waals surface area (Å²) in [6, 6.07) is 6.01. The molecule has 0 aliphatic rings. The Morgan fingerprint density at radius 1 is 1.53 bits per heavy atom. The molecule has 0 saturated carbocycles. The van der Waals surface area contributed by atoms with Gasteiger partial charge in [0.2, 0.25) is 5.91 Å². The fourth-order valence-electron chi connectivity index (χ4n) is 1.61. The second kappa shape index (κ2) is 7.48. The Bertz CT molecular complexity index is 448. The number of carbonyl (C=O) groups excluding carboxylic acids is 1. The molecule has 0 aliphatic carbocycles. The van der Waals surface area contributed by atoms with Crippen LogP contribution in [0.2, 0.25) is 0 Å². The lowest BCUT2D eigenvalue weighted by Gasteiger charge is -2.08. The topological polar surface area (TPSA) is 92.5 Å². The first-order valence-electron chi connectivity index (χ1n) is 6.21. The summed E-state index contributed by atoms with van der Waals surface area (Å²) >= 11 is 0. The quantitative estimate of drug-likeness (QED) is 0.576. The lowest BCUT2D eigenvalue weighted by atomic mass is 10.1. The van der Waals surface area contributed by atoms with Crippen molar-refractivity contribution in [3.8, 4) is 0 Å². The van der Waals surface area contributed by atoms with Crippen LogP contribution in [0, 0.1) is 10.1 Å². The molecule has 2 N–H and O–H groups in total. The third-order valence-corrected chi connectivity index (χ3v) is 2.76. The number of non-ortho nitro benzene ring substituents is 1. The Labute approximate surface area is 111 Å². The Kier molecular flexibility index (Phi) is 5.95. The summed E-state index contributed by atoms with van der Waals surface area (Å²) in [6.07, 6.45) is 0.861. The maximum atomic E-state index is 11.6. The number of hydrogen-bond donors (Lipinski definition) is 2. The van der Waals surface area contributed by atoms with Gasteiger partial charge in [0.05, 0.1) is 17.4 Å². The Hall–Kier alpha value is -1.95. The van der Waals surface area contributed by atoms with E-state index in [1.165, 1.54) is 12.1 Å². The molecule has 104 valence electrons. The van der Waals surface area contributed by atoms with Crippen molar-refractivity contribution in [2.24, 2.45) is 0 Å². The third-order valence-electron chi connectivity index (χ3n) is 2.76. The number of nitro benzene ring substituents is 1. The number of nitro groups is 1. The SMILES string of the molecule is CCC(O)CCNC(=O)Cc1cccc([N+](=O)[O-])c1. The molecule has 0 saturated heterocycles. The Morgan fingerprint density at radius 3 is 2.89 bits per heavy atom. The highest BCUT2D eigenvalue weighted by Gasteiger charge is 2.09. The molecule has 6 heteroatoms. The number of aliphatic hydroxyl groups is 1. The highest BCUT2D eigenvalue weighted by Crippen LogP contribution is 2.13. The van der Waals surface area contributed by atoms with E-state index >= 15 is 0 Å². The van der Waals surface area contributed by atoms with Crippen LogP contribution >= 0.6 is 0 Å². The predicted molar refractivity (Wildman–Crippen MR) is 70.7 cm³/mol. The van der Waals surface area contributed by atoms with Gasteiger partial charge in [0.1, 0.15) is 0 Å². The van der Waals surface area contributed by atoms with Gasteiger partial charge in [0.15, 0.2) is 0 Å². The van der Waals surface area contributed by atoms with Gasteiger partial charge in [0.25, 0.3) is 5.69 Å². The van der Waals surface area contributed by atoms with E-state index in [9.17, 15) is 20.0 Å². The van der Waals surface area contributed by atoms with Crippen molar-refractivity contribution in [1.82, 2.24) is 5.32 Å². The number of nitrogens with one attached hydrogen (secondary N) is 1. The molecule has 0 fully saturated rings. The molecular weight excluding hydrogens is 248 g/mol. The van der Waals surface area contributed by atoms with Gasteiger partial charge < -0.3 is 10.4 Å². The zero-order chi connectivity index (χ0) is 14.3. The van der Waals surface area contributed by atoms with Gasteiger partial charge in [-0.1, -0.05) is 19.1 Å². The summed E-state index contributed by atoms with van der Waals surface area (Å²) < 4.78 is 0. The number of hydrogen-bond acceptors (Lipinski definition) is 4. The summed E-state index contributed by atoms with van der Waals surface area (Å²) in [5, 5.41) is 22.6. The number of benzene rings is 1. The monoisotopic (exact) mass is 266 g/mol. The number of rotatable bonds is 7. The molecule has 1 atom stereocenters. The number of amides is 1. The van der Waals surface area contributed by atoms with E-state index in [0.29, 0.717) is 24.9 Å². The van der Waals surface area contributed by atoms with Crippen molar-refractivity contribution in [3.05, 3.63) is 39.9 Å². The van der Waals surface area contributed by atoms with Crippen molar-refractivity contribution in [2.45, 2.75) is 32.3 Å². The van der Waals surface area contributed by atoms with Gasteiger partial charge >= 0.3 is 0 Å². The molecule has 0 heterocycles. The van der Waals surface area contributed by atoms with Crippen LogP contribution < -0.4 is 5.32 Å². The number of carbonyl (C=O) groups is 1. The molecule has 1 aromatic rings. The second-order valence-corrected chi connectivity index (χ2v) is 4.30. The van der Waals surface area contributed by atoms with Crippen LogP contribution in [0.15, 0.2) is 24.3 Å². The van der Waals surface area contributed by atoms with E-state index in [2.05, 4.69) is 5.32 Å². The average Bonchev–Trinajstić information content (AvgIpc) is 2.38. The van der Waals surface area contributed by atoms with E-state index in [0.717, 1.165) is 0 Å². The van der Waals surface area contributed by atoms with Gasteiger partial charge in [0, 0.05) is 18.7 Å². The zero-order valence-corrected chi connectivity index (χ0v) is 10.8. The van der Waals surface area contributed by atoms with Gasteiger partial charge in [-0.25, -0.2) is 0 Å². The smallest absolute Gasteiger partial charge is 0.269 e. The molecule has 1 rings (SSSR count). The third kappa shape index (κ3) is 5.48. The second-order valence-electron chi connectivity index (χ2n) is 4.30. The minimum atomic E-state index is -0.487. The van der Waals surface area contributed by atoms with Gasteiger partial charge in [-0.05, 0) is 18.4 Å². The molecule has 1 aromatic carbocycles. The first-order valence-corrected chi connectivity index (χ1v) is 6.21. The normalized spacial score (nSPS) is 11.9. The van der Waals surface area contributed by atoms with Crippen LogP contribution in [0.25, 0.3) is 0 Å². The lowest BCUT2D eigenvalue weighted by molar-refractivity contribution is -0.384. The van der Waals surface area contributed by atoms with Crippen molar-refractivity contribution < 1.29 is 14.8 Å². The Morgan fingerprint density at radius 2 is 2.26 bits per heavy atom. The molecule has 1 unspecified atom stereocenters. The van der Waals surface area contributed by atoms with Crippen molar-refractivity contribution in [1.29, 1.82) is 0 Å². The van der Waals surface area contributed by atoms with E-state index < -0.39 is 11.0 Å². The zero-order valence-electron chi connectivity index (χ0n) is 10.8. The summed E-state index contributed by atoms with van der Waals surface area (Å²) in [6.45, 7) is 2.28. The van der Waals surface area contributed by atoms with Crippen LogP contribution in [-0.4, -0.2) is 28.6 Å². The molecular formula is C13H18N2O4. The van der Waals surface area contributed by atoms with Gasteiger partial charge in [-0.15, -0.1) is 0 Å². The average molecular weight is 266 g/mol. The van der Waals surface area contributed by atoms with Crippen LogP contribution in [-0.2, 0) is 11.2 Å². The molecule has 6 nitrogen and oxygen atoms in total. The largest absolute Gasteiger partial charge is 0.393 e.